The molecule has 1 saturated heterocycles. The number of carboxylic acid groups (broad SMARTS) is 1. The summed E-state index contributed by atoms with van der Waals surface area (Å²) in [5.41, 5.74) is 6.66. The number of nitrogens with two attached hydrogens (primary N) is 1. The molecule has 13 nitrogen and oxygen atoms in total. The standard InChI is InChI=1S/C19H23N6O7P/c1-11(19(27)28)24-33(29,32-12-5-3-2-4-6-12)30-8-14-13(26)7-15(31-14)25-10-23-16-17(20)21-9-22-18(16)25/h2-6,9-11,13-15,26H,7-8H2,1H3,(H,24,29)(H,27,28)(H2,20,21,22)/t11-,13-,14+,15+,33?/m0/s1. The highest BCUT2D eigenvalue weighted by molar-refractivity contribution is 7.52. The Balaban J connectivity index is 1.47. The number of nitrogens with zero attached hydrogens (tertiary/aromatic N) is 4. The van der Waals surface area contributed by atoms with E-state index in [1.165, 1.54) is 19.6 Å². The number of hydrogen-bond donors (Lipinski definition) is 4. The van der Waals surface area contributed by atoms with Gasteiger partial charge in [-0.3, -0.25) is 13.9 Å². The fraction of sp³-hybridized carbons (Fsp3) is 0.368. The van der Waals surface area contributed by atoms with E-state index in [0.29, 0.717) is 11.2 Å². The van der Waals surface area contributed by atoms with Crippen LogP contribution in [-0.2, 0) is 18.6 Å². The molecule has 5 atom stereocenters. The number of ether oxygens (including phenoxy) is 1. The zero-order valence-corrected chi connectivity index (χ0v) is 18.4. The van der Waals surface area contributed by atoms with Crippen LogP contribution in [-0.4, -0.2) is 60.6 Å². The first kappa shape index (κ1) is 23.1. The van der Waals surface area contributed by atoms with E-state index in [1.54, 1.807) is 34.9 Å². The quantitative estimate of drug-likeness (QED) is 0.324. The Hall–Kier alpha value is -3.09. The molecule has 0 aliphatic carbocycles. The second-order valence-corrected chi connectivity index (χ2v) is 9.10. The number of aliphatic hydroxyl groups is 1. The van der Waals surface area contributed by atoms with Crippen LogP contribution in [0.2, 0.25) is 0 Å². The molecule has 1 aromatic carbocycles. The van der Waals surface area contributed by atoms with Crippen LogP contribution >= 0.6 is 7.75 Å². The van der Waals surface area contributed by atoms with E-state index in [2.05, 4.69) is 20.0 Å². The highest BCUT2D eigenvalue weighted by Gasteiger charge is 2.39. The van der Waals surface area contributed by atoms with Crippen molar-refractivity contribution < 1.29 is 33.4 Å². The zero-order chi connectivity index (χ0) is 23.6. The van der Waals surface area contributed by atoms with Crippen molar-refractivity contribution in [2.24, 2.45) is 0 Å². The van der Waals surface area contributed by atoms with Crippen molar-refractivity contribution in [2.75, 3.05) is 12.3 Å². The van der Waals surface area contributed by atoms with E-state index < -0.39 is 38.2 Å². The molecule has 1 aliphatic heterocycles. The van der Waals surface area contributed by atoms with Gasteiger partial charge in [-0.1, -0.05) is 18.2 Å². The van der Waals surface area contributed by atoms with Crippen molar-refractivity contribution in [3.63, 3.8) is 0 Å². The molecule has 1 fully saturated rings. The minimum Gasteiger partial charge on any atom is -0.480 e. The van der Waals surface area contributed by atoms with Crippen molar-refractivity contribution in [2.45, 2.75) is 37.8 Å². The topological polar surface area (TPSA) is 184 Å². The van der Waals surface area contributed by atoms with Crippen molar-refractivity contribution >= 4 is 30.7 Å². The number of carbonyl (C=O) groups is 1. The van der Waals surface area contributed by atoms with Gasteiger partial charge >= 0.3 is 13.7 Å². The summed E-state index contributed by atoms with van der Waals surface area (Å²) in [7, 11) is -4.13. The summed E-state index contributed by atoms with van der Waals surface area (Å²) < 4.78 is 31.7. The summed E-state index contributed by atoms with van der Waals surface area (Å²) in [5.74, 6) is -0.797. The van der Waals surface area contributed by atoms with Gasteiger partial charge in [0.1, 0.15) is 36.0 Å². The van der Waals surface area contributed by atoms with Crippen LogP contribution in [0.15, 0.2) is 43.0 Å². The largest absolute Gasteiger partial charge is 0.480 e. The third-order valence-corrected chi connectivity index (χ3v) is 6.64. The molecule has 3 aromatic rings. The van der Waals surface area contributed by atoms with Crippen molar-refractivity contribution in [1.82, 2.24) is 24.6 Å². The molecule has 5 N–H and O–H groups in total. The molecule has 3 heterocycles. The number of nitrogens with one attached hydrogen (secondary N) is 1. The summed E-state index contributed by atoms with van der Waals surface area (Å²) in [5, 5.41) is 22.1. The predicted octanol–water partition coefficient (Wildman–Crippen LogP) is 1.32. The highest BCUT2D eigenvalue weighted by Crippen LogP contribution is 2.46. The highest BCUT2D eigenvalue weighted by atomic mass is 31.2. The van der Waals surface area contributed by atoms with E-state index >= 15 is 0 Å². The lowest BCUT2D eigenvalue weighted by Gasteiger charge is -2.24. The normalized spacial score (nSPS) is 23.3. The van der Waals surface area contributed by atoms with Crippen molar-refractivity contribution in [3.05, 3.63) is 43.0 Å². The second-order valence-electron chi connectivity index (χ2n) is 7.40. The Morgan fingerprint density at radius 3 is 2.85 bits per heavy atom. The van der Waals surface area contributed by atoms with E-state index in [1.807, 2.05) is 0 Å². The van der Waals surface area contributed by atoms with E-state index in [9.17, 15) is 19.6 Å². The number of carboxylic acids is 1. The van der Waals surface area contributed by atoms with Crippen molar-refractivity contribution in [3.8, 4) is 5.75 Å². The van der Waals surface area contributed by atoms with Crippen LogP contribution in [0.1, 0.15) is 19.6 Å². The molecule has 0 saturated carbocycles. The van der Waals surface area contributed by atoms with Gasteiger partial charge in [0, 0.05) is 6.42 Å². The van der Waals surface area contributed by atoms with Crippen LogP contribution in [0.5, 0.6) is 5.75 Å². The summed E-state index contributed by atoms with van der Waals surface area (Å²) in [6.45, 7) is 0.978. The maximum Gasteiger partial charge on any atom is 0.459 e. The lowest BCUT2D eigenvalue weighted by atomic mass is 10.2. The lowest BCUT2D eigenvalue weighted by Crippen LogP contribution is -2.35. The van der Waals surface area contributed by atoms with Gasteiger partial charge in [-0.15, -0.1) is 0 Å². The number of fused-ring (bicyclic) bond motifs is 1. The molecule has 0 radical (unpaired) electrons. The first-order chi connectivity index (χ1) is 15.8. The molecule has 176 valence electrons. The van der Waals surface area contributed by atoms with Crippen LogP contribution in [0.4, 0.5) is 5.82 Å². The van der Waals surface area contributed by atoms with E-state index in [0.717, 1.165) is 0 Å². The number of para-hydroxylation sites is 1. The number of aliphatic hydroxyl groups excluding tert-OH is 1. The molecule has 1 unspecified atom stereocenters. The number of aromatic nitrogens is 4. The maximum absolute atomic E-state index is 13.3. The van der Waals surface area contributed by atoms with Crippen LogP contribution in [0, 0.1) is 0 Å². The Labute approximate surface area is 188 Å². The third-order valence-electron chi connectivity index (χ3n) is 5.00. The number of imidazole rings is 1. The Morgan fingerprint density at radius 1 is 1.36 bits per heavy atom. The second kappa shape index (κ2) is 9.41. The number of nitrogen functional groups attached to an aromatic ring is 1. The number of benzene rings is 1. The average Bonchev–Trinajstić information content (AvgIpc) is 3.37. The van der Waals surface area contributed by atoms with Crippen LogP contribution in [0.3, 0.4) is 0 Å². The monoisotopic (exact) mass is 478 g/mol. The van der Waals surface area contributed by atoms with Gasteiger partial charge in [0.25, 0.3) is 0 Å². The fourth-order valence-corrected chi connectivity index (χ4v) is 4.80. The SMILES string of the molecule is C[C@H](NP(=O)(OC[C@H]1O[C@@H](n2cnc3c(N)ncnc32)C[C@@H]1O)Oc1ccccc1)C(=O)O. The van der Waals surface area contributed by atoms with Gasteiger partial charge in [0.05, 0.1) is 19.0 Å². The van der Waals surface area contributed by atoms with Crippen LogP contribution < -0.4 is 15.3 Å². The zero-order valence-electron chi connectivity index (χ0n) is 17.5. The molecule has 0 bridgehead atoms. The van der Waals surface area contributed by atoms with Gasteiger partial charge in [0.2, 0.25) is 0 Å². The van der Waals surface area contributed by atoms with Gasteiger partial charge in [-0.05, 0) is 19.1 Å². The molecule has 0 spiro atoms. The molecular formula is C19H23N6O7P. The summed E-state index contributed by atoms with van der Waals surface area (Å²) in [6, 6.07) is 6.97. The van der Waals surface area contributed by atoms with E-state index in [4.69, 9.17) is 19.5 Å². The van der Waals surface area contributed by atoms with Crippen molar-refractivity contribution in [1.29, 1.82) is 0 Å². The van der Waals surface area contributed by atoms with Gasteiger partial charge in [-0.2, -0.15) is 5.09 Å². The first-order valence-electron chi connectivity index (χ1n) is 10.0. The van der Waals surface area contributed by atoms with E-state index in [-0.39, 0.29) is 24.6 Å². The molecule has 0 amide bonds. The van der Waals surface area contributed by atoms with Crippen LogP contribution in [0.25, 0.3) is 11.2 Å². The average molecular weight is 478 g/mol. The number of aliphatic carboxylic acids is 1. The molecule has 1 aliphatic rings. The summed E-state index contributed by atoms with van der Waals surface area (Å²) in [4.78, 5) is 23.5. The molecule has 33 heavy (non-hydrogen) atoms. The number of hydrogen-bond acceptors (Lipinski definition) is 10. The van der Waals surface area contributed by atoms with Gasteiger partial charge < -0.3 is 25.2 Å². The summed E-state index contributed by atoms with van der Waals surface area (Å²) >= 11 is 0. The molecule has 4 rings (SSSR count). The Morgan fingerprint density at radius 2 is 2.12 bits per heavy atom. The lowest BCUT2D eigenvalue weighted by molar-refractivity contribution is -0.138. The molecular weight excluding hydrogens is 455 g/mol. The fourth-order valence-electron chi connectivity index (χ4n) is 3.29. The predicted molar refractivity (Wildman–Crippen MR) is 115 cm³/mol. The molecule has 2 aromatic heterocycles. The minimum atomic E-state index is -4.13. The smallest absolute Gasteiger partial charge is 0.459 e. The summed E-state index contributed by atoms with van der Waals surface area (Å²) in [6.07, 6.45) is 0.499. The first-order valence-corrected chi connectivity index (χ1v) is 11.6. The van der Waals surface area contributed by atoms with Gasteiger partial charge in [0.15, 0.2) is 11.5 Å². The Kier molecular flexibility index (Phi) is 6.58. The van der Waals surface area contributed by atoms with Gasteiger partial charge in [-0.25, -0.2) is 19.5 Å². The number of anilines is 1. The third kappa shape index (κ3) is 5.13. The maximum atomic E-state index is 13.3. The molecule has 14 heteroatoms. The minimum absolute atomic E-state index is 0.187. The number of rotatable bonds is 9. The Bertz CT molecular complexity index is 1180.